The largest absolute Gasteiger partial charge is 0.454 e. The van der Waals surface area contributed by atoms with E-state index in [0.717, 1.165) is 15.6 Å². The third kappa shape index (κ3) is 2.42. The van der Waals surface area contributed by atoms with Gasteiger partial charge in [-0.3, -0.25) is 10.1 Å². The number of halogens is 1. The molecule has 4 heterocycles. The maximum Gasteiger partial charge on any atom is 0.244 e. The fourth-order valence-electron chi connectivity index (χ4n) is 3.44. The highest BCUT2D eigenvalue weighted by atomic mass is 79.9. The van der Waals surface area contributed by atoms with Crippen LogP contribution in [0.2, 0.25) is 0 Å². The zero-order valence-corrected chi connectivity index (χ0v) is 15.9. The molecule has 1 unspecified atom stereocenters. The molecular formula is C19H12BrN5O3. The van der Waals surface area contributed by atoms with Crippen molar-refractivity contribution in [1.29, 1.82) is 5.26 Å². The summed E-state index contributed by atoms with van der Waals surface area (Å²) < 4.78 is 17.3. The van der Waals surface area contributed by atoms with Crippen LogP contribution in [0.5, 0.6) is 17.4 Å². The first-order valence-electron chi connectivity index (χ1n) is 8.32. The van der Waals surface area contributed by atoms with Gasteiger partial charge in [0, 0.05) is 22.4 Å². The molecule has 0 amide bonds. The number of aromatic amines is 1. The maximum atomic E-state index is 9.82. The summed E-state index contributed by atoms with van der Waals surface area (Å²) in [7, 11) is 0. The quantitative estimate of drug-likeness (QED) is 0.631. The van der Waals surface area contributed by atoms with Crippen molar-refractivity contribution in [3.8, 4) is 34.7 Å². The summed E-state index contributed by atoms with van der Waals surface area (Å²) in [5.74, 6) is 1.08. The highest BCUT2D eigenvalue weighted by Crippen LogP contribution is 2.49. The number of rotatable bonds is 2. The first kappa shape index (κ1) is 16.6. The molecule has 2 aliphatic heterocycles. The van der Waals surface area contributed by atoms with Gasteiger partial charge in [-0.1, -0.05) is 15.9 Å². The lowest BCUT2D eigenvalue weighted by molar-refractivity contribution is 0.174. The van der Waals surface area contributed by atoms with E-state index in [1.807, 2.05) is 24.3 Å². The molecule has 138 valence electrons. The molecule has 0 saturated heterocycles. The highest BCUT2D eigenvalue weighted by molar-refractivity contribution is 9.10. The van der Waals surface area contributed by atoms with Crippen molar-refractivity contribution >= 4 is 15.9 Å². The minimum absolute atomic E-state index is 0.0220. The summed E-state index contributed by atoms with van der Waals surface area (Å²) in [5.41, 5.74) is 9.35. The van der Waals surface area contributed by atoms with E-state index < -0.39 is 5.92 Å². The third-order valence-electron chi connectivity index (χ3n) is 4.69. The van der Waals surface area contributed by atoms with Gasteiger partial charge in [-0.2, -0.15) is 5.26 Å². The van der Waals surface area contributed by atoms with Crippen LogP contribution in [0.25, 0.3) is 11.3 Å². The second-order valence-electron chi connectivity index (χ2n) is 6.21. The molecule has 0 fully saturated rings. The number of hydrogen-bond acceptors (Lipinski definition) is 7. The Bertz CT molecular complexity index is 1170. The van der Waals surface area contributed by atoms with Crippen LogP contribution in [0.1, 0.15) is 17.0 Å². The molecule has 0 aliphatic carbocycles. The van der Waals surface area contributed by atoms with Crippen LogP contribution >= 0.6 is 15.9 Å². The van der Waals surface area contributed by atoms with Crippen molar-refractivity contribution in [2.45, 2.75) is 5.92 Å². The molecule has 1 aromatic carbocycles. The normalized spacial score (nSPS) is 17.1. The minimum Gasteiger partial charge on any atom is -0.454 e. The fourth-order valence-corrected chi connectivity index (χ4v) is 3.99. The summed E-state index contributed by atoms with van der Waals surface area (Å²) in [6.45, 7) is 0.153. The van der Waals surface area contributed by atoms with Gasteiger partial charge in [-0.05, 0) is 29.8 Å². The van der Waals surface area contributed by atoms with Crippen molar-refractivity contribution in [2.75, 3.05) is 6.79 Å². The lowest BCUT2D eigenvalue weighted by Gasteiger charge is -2.25. The van der Waals surface area contributed by atoms with Crippen LogP contribution in [-0.2, 0) is 0 Å². The Morgan fingerprint density at radius 3 is 2.86 bits per heavy atom. The van der Waals surface area contributed by atoms with Gasteiger partial charge < -0.3 is 19.9 Å². The molecule has 3 aromatic rings. The second kappa shape index (κ2) is 6.28. The molecule has 2 aliphatic rings. The Hall–Kier alpha value is -3.51. The Morgan fingerprint density at radius 1 is 1.29 bits per heavy atom. The summed E-state index contributed by atoms with van der Waals surface area (Å²) in [6, 6.07) is 9.58. The number of nitriles is 1. The van der Waals surface area contributed by atoms with Crippen molar-refractivity contribution in [3.05, 3.63) is 63.7 Å². The van der Waals surface area contributed by atoms with Crippen LogP contribution in [0.4, 0.5) is 0 Å². The SMILES string of the molecule is N#CC1=C(N)Oc2n[nH]c(-c3cccnc3)c2C1c1cc2c(cc1Br)OCO2. The molecule has 3 N–H and O–H groups in total. The van der Waals surface area contributed by atoms with Gasteiger partial charge in [0.15, 0.2) is 11.5 Å². The minimum atomic E-state index is -0.508. The molecule has 28 heavy (non-hydrogen) atoms. The number of benzene rings is 1. The predicted octanol–water partition coefficient (Wildman–Crippen LogP) is 3.18. The van der Waals surface area contributed by atoms with Crippen LogP contribution < -0.4 is 19.9 Å². The van der Waals surface area contributed by atoms with E-state index in [2.05, 4.69) is 37.2 Å². The maximum absolute atomic E-state index is 9.82. The first-order chi connectivity index (χ1) is 13.7. The van der Waals surface area contributed by atoms with E-state index in [4.69, 9.17) is 19.9 Å². The fraction of sp³-hybridized carbons (Fsp3) is 0.105. The summed E-state index contributed by atoms with van der Waals surface area (Å²) in [4.78, 5) is 4.17. The Labute approximate surface area is 167 Å². The third-order valence-corrected chi connectivity index (χ3v) is 5.38. The molecule has 8 nitrogen and oxygen atoms in total. The monoisotopic (exact) mass is 437 g/mol. The lowest BCUT2D eigenvalue weighted by Crippen LogP contribution is -2.21. The van der Waals surface area contributed by atoms with E-state index in [9.17, 15) is 5.26 Å². The molecule has 5 rings (SSSR count). The van der Waals surface area contributed by atoms with Gasteiger partial charge in [-0.25, -0.2) is 0 Å². The van der Waals surface area contributed by atoms with Crippen molar-refractivity contribution < 1.29 is 14.2 Å². The number of nitrogens with zero attached hydrogens (tertiary/aromatic N) is 3. The zero-order chi connectivity index (χ0) is 19.3. The number of ether oxygens (including phenoxy) is 3. The number of allylic oxidation sites excluding steroid dienone is 1. The molecule has 0 saturated carbocycles. The second-order valence-corrected chi connectivity index (χ2v) is 7.07. The first-order valence-corrected chi connectivity index (χ1v) is 9.12. The van der Waals surface area contributed by atoms with E-state index in [0.29, 0.717) is 34.2 Å². The molecular weight excluding hydrogens is 426 g/mol. The molecule has 9 heteroatoms. The van der Waals surface area contributed by atoms with Crippen molar-refractivity contribution in [1.82, 2.24) is 15.2 Å². The predicted molar refractivity (Wildman–Crippen MR) is 101 cm³/mol. The van der Waals surface area contributed by atoms with E-state index in [-0.39, 0.29) is 12.7 Å². The number of fused-ring (bicyclic) bond motifs is 2. The number of pyridine rings is 1. The summed E-state index contributed by atoms with van der Waals surface area (Å²) >= 11 is 3.59. The number of hydrogen-bond donors (Lipinski definition) is 2. The standard InChI is InChI=1S/C19H12BrN5O3/c20-12-5-14-13(26-8-27-14)4-10(12)15-11(6-21)18(22)28-19-16(15)17(24-25-19)9-2-1-3-23-7-9/h1-5,7,15H,8,22H2,(H,24,25). The molecule has 0 radical (unpaired) electrons. The average molecular weight is 438 g/mol. The average Bonchev–Trinajstić information content (AvgIpc) is 3.33. The molecule has 2 aromatic heterocycles. The number of nitrogens with two attached hydrogens (primary N) is 1. The topological polar surface area (TPSA) is 119 Å². The summed E-state index contributed by atoms with van der Waals surface area (Å²) in [5, 5.41) is 17.1. The van der Waals surface area contributed by atoms with E-state index in [1.54, 1.807) is 12.4 Å². The van der Waals surface area contributed by atoms with Gasteiger partial charge in [0.1, 0.15) is 11.6 Å². The lowest BCUT2D eigenvalue weighted by atomic mass is 9.83. The number of aromatic nitrogens is 3. The van der Waals surface area contributed by atoms with Gasteiger partial charge in [0.2, 0.25) is 18.6 Å². The number of H-pyrrole nitrogens is 1. The van der Waals surface area contributed by atoms with Crippen molar-refractivity contribution in [3.63, 3.8) is 0 Å². The highest BCUT2D eigenvalue weighted by Gasteiger charge is 2.37. The Kier molecular flexibility index (Phi) is 3.74. The number of nitrogens with one attached hydrogen (secondary N) is 1. The van der Waals surface area contributed by atoms with E-state index in [1.165, 1.54) is 0 Å². The van der Waals surface area contributed by atoms with E-state index >= 15 is 0 Å². The summed E-state index contributed by atoms with van der Waals surface area (Å²) in [6.07, 6.45) is 3.40. The molecule has 1 atom stereocenters. The van der Waals surface area contributed by atoms with Gasteiger partial charge >= 0.3 is 0 Å². The van der Waals surface area contributed by atoms with Crippen LogP contribution in [0.15, 0.2) is 52.6 Å². The van der Waals surface area contributed by atoms with Crippen molar-refractivity contribution in [2.24, 2.45) is 5.73 Å². The van der Waals surface area contributed by atoms with Crippen LogP contribution in [-0.4, -0.2) is 22.0 Å². The van der Waals surface area contributed by atoms with Crippen LogP contribution in [0, 0.1) is 11.3 Å². The Balaban J connectivity index is 1.76. The molecule has 0 spiro atoms. The van der Waals surface area contributed by atoms with Gasteiger partial charge in [-0.15, -0.1) is 5.10 Å². The van der Waals surface area contributed by atoms with Gasteiger partial charge in [0.05, 0.1) is 17.2 Å². The zero-order valence-electron chi connectivity index (χ0n) is 14.3. The smallest absolute Gasteiger partial charge is 0.244 e. The van der Waals surface area contributed by atoms with Gasteiger partial charge in [0.25, 0.3) is 0 Å². The Morgan fingerprint density at radius 2 is 2.11 bits per heavy atom. The molecule has 0 bridgehead atoms. The van der Waals surface area contributed by atoms with Crippen LogP contribution in [0.3, 0.4) is 0 Å².